The van der Waals surface area contributed by atoms with Crippen molar-refractivity contribution in [2.75, 3.05) is 17.7 Å². The van der Waals surface area contributed by atoms with Crippen LogP contribution in [0.25, 0.3) is 0 Å². The average molecular weight is 332 g/mol. The summed E-state index contributed by atoms with van der Waals surface area (Å²) in [7, 11) is -3.30. The van der Waals surface area contributed by atoms with E-state index in [1.807, 2.05) is 60.7 Å². The van der Waals surface area contributed by atoms with Crippen LogP contribution in [-0.2, 0) is 10.0 Å². The fraction of sp³-hybridized carbons (Fsp3) is 0.333. The third-order valence-corrected chi connectivity index (χ3v) is 4.36. The average Bonchev–Trinajstić information content (AvgIpc) is 2.51. The van der Waals surface area contributed by atoms with E-state index in [2.05, 4.69) is 23.5 Å². The van der Waals surface area contributed by atoms with Crippen LogP contribution in [0.5, 0.6) is 0 Å². The number of nitrogens with one attached hydrogen (secondary N) is 1. The first-order valence-electron chi connectivity index (χ1n) is 7.71. The summed E-state index contributed by atoms with van der Waals surface area (Å²) >= 11 is 0. The molecule has 1 N–H and O–H groups in total. The molecule has 0 fully saturated rings. The maximum atomic E-state index is 11.8. The van der Waals surface area contributed by atoms with Gasteiger partial charge in [0.15, 0.2) is 0 Å². The van der Waals surface area contributed by atoms with E-state index < -0.39 is 10.0 Å². The lowest BCUT2D eigenvalue weighted by atomic mass is 10.1. The number of anilines is 1. The van der Waals surface area contributed by atoms with Crippen molar-refractivity contribution in [3.63, 3.8) is 0 Å². The normalized spacial score (nSPS) is 13.0. The zero-order valence-electron chi connectivity index (χ0n) is 13.8. The minimum atomic E-state index is -3.30. The van der Waals surface area contributed by atoms with Gasteiger partial charge in [0.25, 0.3) is 0 Å². The molecule has 0 aromatic heterocycles. The van der Waals surface area contributed by atoms with Gasteiger partial charge in [-0.25, -0.2) is 13.1 Å². The van der Waals surface area contributed by atoms with E-state index in [0.717, 1.165) is 11.3 Å². The standard InChI is InChI=1S/C18H24N2O2S/c1-15(2)20(17-12-8-5-9-13-17)14-18(19-23(3,21)22)16-10-6-4-7-11-16/h4-13,15,18-19H,14H2,1-3H3/t18-/m0/s1. The van der Waals surface area contributed by atoms with Gasteiger partial charge in [-0.1, -0.05) is 48.5 Å². The summed E-state index contributed by atoms with van der Waals surface area (Å²) < 4.78 is 26.3. The lowest BCUT2D eigenvalue weighted by molar-refractivity contribution is 0.542. The van der Waals surface area contributed by atoms with Crippen molar-refractivity contribution in [2.24, 2.45) is 0 Å². The Balaban J connectivity index is 2.31. The Bertz CT molecular complexity index is 700. The number of hydrogen-bond acceptors (Lipinski definition) is 3. The summed E-state index contributed by atoms with van der Waals surface area (Å²) in [4.78, 5) is 2.20. The molecule has 0 heterocycles. The molecule has 124 valence electrons. The van der Waals surface area contributed by atoms with Gasteiger partial charge in [-0.05, 0) is 31.5 Å². The number of benzene rings is 2. The molecule has 2 rings (SSSR count). The third kappa shape index (κ3) is 5.37. The van der Waals surface area contributed by atoms with E-state index in [4.69, 9.17) is 0 Å². The summed E-state index contributed by atoms with van der Waals surface area (Å²) in [6, 6.07) is 19.7. The lowest BCUT2D eigenvalue weighted by Crippen LogP contribution is -2.40. The zero-order chi connectivity index (χ0) is 16.9. The predicted octanol–water partition coefficient (Wildman–Crippen LogP) is 3.19. The maximum Gasteiger partial charge on any atom is 0.209 e. The van der Waals surface area contributed by atoms with E-state index in [-0.39, 0.29) is 12.1 Å². The Morgan fingerprint density at radius 3 is 1.96 bits per heavy atom. The number of nitrogens with zero attached hydrogens (tertiary/aromatic N) is 1. The molecule has 2 aromatic carbocycles. The largest absolute Gasteiger partial charge is 0.367 e. The monoisotopic (exact) mass is 332 g/mol. The van der Waals surface area contributed by atoms with E-state index >= 15 is 0 Å². The fourth-order valence-corrected chi connectivity index (χ4v) is 3.31. The molecule has 0 aliphatic heterocycles. The molecule has 23 heavy (non-hydrogen) atoms. The van der Waals surface area contributed by atoms with Gasteiger partial charge in [0.1, 0.15) is 0 Å². The van der Waals surface area contributed by atoms with Gasteiger partial charge >= 0.3 is 0 Å². The number of sulfonamides is 1. The van der Waals surface area contributed by atoms with Gasteiger partial charge in [0, 0.05) is 18.3 Å². The van der Waals surface area contributed by atoms with Crippen molar-refractivity contribution in [2.45, 2.75) is 25.9 Å². The van der Waals surface area contributed by atoms with E-state index in [1.165, 1.54) is 6.26 Å². The van der Waals surface area contributed by atoms with Crippen LogP contribution in [-0.4, -0.2) is 27.3 Å². The minimum Gasteiger partial charge on any atom is -0.367 e. The Kier molecular flexibility index (Phi) is 5.80. The molecule has 0 radical (unpaired) electrons. The Morgan fingerprint density at radius 2 is 1.48 bits per heavy atom. The van der Waals surface area contributed by atoms with Crippen molar-refractivity contribution < 1.29 is 8.42 Å². The van der Waals surface area contributed by atoms with Gasteiger partial charge in [0.2, 0.25) is 10.0 Å². The van der Waals surface area contributed by atoms with Gasteiger partial charge in [-0.2, -0.15) is 0 Å². The summed E-state index contributed by atoms with van der Waals surface area (Å²) in [5, 5.41) is 0. The molecule has 5 heteroatoms. The van der Waals surface area contributed by atoms with Crippen LogP contribution >= 0.6 is 0 Å². The predicted molar refractivity (Wildman–Crippen MR) is 96.1 cm³/mol. The van der Waals surface area contributed by atoms with Crippen molar-refractivity contribution in [1.82, 2.24) is 4.72 Å². The summed E-state index contributed by atoms with van der Waals surface area (Å²) in [5.41, 5.74) is 2.04. The SMILES string of the molecule is CC(C)N(C[C@H](NS(C)(=O)=O)c1ccccc1)c1ccccc1. The van der Waals surface area contributed by atoms with Crippen molar-refractivity contribution in [1.29, 1.82) is 0 Å². The molecule has 0 unspecified atom stereocenters. The quantitative estimate of drug-likeness (QED) is 0.847. The molecule has 1 atom stereocenters. The highest BCUT2D eigenvalue weighted by Crippen LogP contribution is 2.22. The van der Waals surface area contributed by atoms with Crippen molar-refractivity contribution >= 4 is 15.7 Å². The highest BCUT2D eigenvalue weighted by atomic mass is 32.2. The van der Waals surface area contributed by atoms with E-state index in [0.29, 0.717) is 6.54 Å². The van der Waals surface area contributed by atoms with Crippen LogP contribution in [0.1, 0.15) is 25.5 Å². The topological polar surface area (TPSA) is 49.4 Å². The van der Waals surface area contributed by atoms with Crippen LogP contribution in [0.3, 0.4) is 0 Å². The molecular weight excluding hydrogens is 308 g/mol. The second-order valence-electron chi connectivity index (χ2n) is 5.93. The number of hydrogen-bond donors (Lipinski definition) is 1. The summed E-state index contributed by atoms with van der Waals surface area (Å²) in [5.74, 6) is 0. The Morgan fingerprint density at radius 1 is 0.957 bits per heavy atom. The van der Waals surface area contributed by atoms with E-state index in [9.17, 15) is 8.42 Å². The molecule has 0 saturated heterocycles. The van der Waals surface area contributed by atoms with Crippen molar-refractivity contribution in [3.8, 4) is 0 Å². The highest BCUT2D eigenvalue weighted by Gasteiger charge is 2.21. The second kappa shape index (κ2) is 7.62. The molecular formula is C18H24N2O2S. The van der Waals surface area contributed by atoms with Crippen LogP contribution < -0.4 is 9.62 Å². The lowest BCUT2D eigenvalue weighted by Gasteiger charge is -2.33. The fourth-order valence-electron chi connectivity index (χ4n) is 2.59. The molecule has 2 aromatic rings. The minimum absolute atomic E-state index is 0.255. The highest BCUT2D eigenvalue weighted by molar-refractivity contribution is 7.88. The van der Waals surface area contributed by atoms with Crippen molar-refractivity contribution in [3.05, 3.63) is 66.2 Å². The molecule has 0 amide bonds. The van der Waals surface area contributed by atoms with Gasteiger partial charge in [-0.3, -0.25) is 0 Å². The van der Waals surface area contributed by atoms with Gasteiger partial charge in [0.05, 0.1) is 12.3 Å². The first kappa shape index (κ1) is 17.5. The van der Waals surface area contributed by atoms with Crippen LogP contribution in [0.2, 0.25) is 0 Å². The summed E-state index contributed by atoms with van der Waals surface area (Å²) in [6.07, 6.45) is 1.20. The zero-order valence-corrected chi connectivity index (χ0v) is 14.6. The maximum absolute atomic E-state index is 11.8. The third-order valence-electron chi connectivity index (χ3n) is 3.65. The van der Waals surface area contributed by atoms with E-state index in [1.54, 1.807) is 0 Å². The van der Waals surface area contributed by atoms with Crippen LogP contribution in [0.15, 0.2) is 60.7 Å². The van der Waals surface area contributed by atoms with Gasteiger partial charge in [-0.15, -0.1) is 0 Å². The molecule has 4 nitrogen and oxygen atoms in total. The molecule has 0 aliphatic carbocycles. The molecule has 0 bridgehead atoms. The smallest absolute Gasteiger partial charge is 0.209 e. The number of para-hydroxylation sites is 1. The Hall–Kier alpha value is -1.85. The summed E-state index contributed by atoms with van der Waals surface area (Å²) in [6.45, 7) is 4.78. The number of rotatable bonds is 7. The first-order chi connectivity index (χ1) is 10.9. The van der Waals surface area contributed by atoms with Crippen LogP contribution in [0, 0.1) is 0 Å². The van der Waals surface area contributed by atoms with Gasteiger partial charge < -0.3 is 4.90 Å². The first-order valence-corrected chi connectivity index (χ1v) is 9.60. The molecule has 0 spiro atoms. The Labute approximate surface area is 139 Å². The molecule has 0 saturated carbocycles. The second-order valence-corrected chi connectivity index (χ2v) is 7.71. The van der Waals surface area contributed by atoms with Crippen LogP contribution in [0.4, 0.5) is 5.69 Å². The molecule has 0 aliphatic rings.